The molecule has 1 saturated heterocycles. The third-order valence-corrected chi connectivity index (χ3v) is 4.92. The minimum Gasteiger partial charge on any atom is -0.355 e. The molecule has 5 nitrogen and oxygen atoms in total. The molecule has 2 heterocycles. The van der Waals surface area contributed by atoms with Gasteiger partial charge in [0, 0.05) is 25.0 Å². The molecule has 1 aliphatic heterocycles. The lowest BCUT2D eigenvalue weighted by molar-refractivity contribution is 0.0983. The molecule has 1 fully saturated rings. The van der Waals surface area contributed by atoms with Gasteiger partial charge in [0.15, 0.2) is 11.5 Å². The van der Waals surface area contributed by atoms with E-state index >= 15 is 0 Å². The number of nitrogens with zero attached hydrogens (tertiary/aromatic N) is 4. The summed E-state index contributed by atoms with van der Waals surface area (Å²) in [5.41, 5.74) is 1.28. The molecule has 5 heteroatoms. The highest BCUT2D eigenvalue weighted by Crippen LogP contribution is 2.27. The van der Waals surface area contributed by atoms with Crippen LogP contribution in [0.25, 0.3) is 10.8 Å². The second-order valence-electron chi connectivity index (χ2n) is 6.52. The number of rotatable bonds is 4. The zero-order valence-corrected chi connectivity index (χ0v) is 14.9. The zero-order chi connectivity index (χ0) is 17.9. The minimum absolute atomic E-state index is 0.121. The quantitative estimate of drug-likeness (QED) is 0.719. The van der Waals surface area contributed by atoms with Gasteiger partial charge in [0.05, 0.1) is 5.69 Å². The van der Waals surface area contributed by atoms with Crippen LogP contribution >= 0.6 is 0 Å². The number of aromatic nitrogens is 2. The van der Waals surface area contributed by atoms with Crippen molar-refractivity contribution in [2.75, 3.05) is 29.4 Å². The first kappa shape index (κ1) is 16.5. The average molecular weight is 346 g/mol. The predicted octanol–water partition coefficient (Wildman–Crippen LogP) is 3.90. The topological polar surface area (TPSA) is 49.3 Å². The third-order valence-electron chi connectivity index (χ3n) is 4.92. The maximum atomic E-state index is 13.1. The number of carbonyl (C=O) groups excluding carboxylic acids is 1. The lowest BCUT2D eigenvalue weighted by Gasteiger charge is -2.22. The van der Waals surface area contributed by atoms with E-state index in [2.05, 4.69) is 27.2 Å². The summed E-state index contributed by atoms with van der Waals surface area (Å²) in [6, 6.07) is 17.8. The molecule has 0 atom stereocenters. The fraction of sp³-hybridized carbons (Fsp3) is 0.286. The van der Waals surface area contributed by atoms with E-state index in [-0.39, 0.29) is 5.91 Å². The Hall–Kier alpha value is -2.95. The van der Waals surface area contributed by atoms with Crippen LogP contribution in [0.4, 0.5) is 11.5 Å². The molecule has 0 spiro atoms. The van der Waals surface area contributed by atoms with Crippen molar-refractivity contribution in [1.82, 2.24) is 10.2 Å². The van der Waals surface area contributed by atoms with E-state index in [1.54, 1.807) is 11.0 Å². The van der Waals surface area contributed by atoms with E-state index in [0.29, 0.717) is 12.2 Å². The number of anilines is 2. The van der Waals surface area contributed by atoms with Gasteiger partial charge in [-0.05, 0) is 43.4 Å². The molecule has 3 aromatic rings. The monoisotopic (exact) mass is 346 g/mol. The number of carbonyl (C=O) groups is 1. The maximum absolute atomic E-state index is 13.1. The van der Waals surface area contributed by atoms with Gasteiger partial charge in [0.1, 0.15) is 0 Å². The van der Waals surface area contributed by atoms with Crippen molar-refractivity contribution >= 4 is 28.2 Å². The van der Waals surface area contributed by atoms with Crippen molar-refractivity contribution in [3.8, 4) is 0 Å². The molecule has 132 valence electrons. The number of benzene rings is 2. The van der Waals surface area contributed by atoms with Crippen LogP contribution in [0.1, 0.15) is 30.3 Å². The summed E-state index contributed by atoms with van der Waals surface area (Å²) in [6.45, 7) is 4.58. The van der Waals surface area contributed by atoms with Gasteiger partial charge in [-0.3, -0.25) is 4.79 Å². The van der Waals surface area contributed by atoms with Gasteiger partial charge in [0.25, 0.3) is 5.91 Å². The summed E-state index contributed by atoms with van der Waals surface area (Å²) in [7, 11) is 0. The molecule has 26 heavy (non-hydrogen) atoms. The van der Waals surface area contributed by atoms with Crippen molar-refractivity contribution in [3.63, 3.8) is 0 Å². The molecule has 0 unspecified atom stereocenters. The van der Waals surface area contributed by atoms with Gasteiger partial charge in [-0.25, -0.2) is 0 Å². The molecule has 0 bridgehead atoms. The largest absolute Gasteiger partial charge is 0.355 e. The number of hydrogen-bond acceptors (Lipinski definition) is 4. The Morgan fingerprint density at radius 3 is 2.50 bits per heavy atom. The standard InChI is InChI=1S/C21H22N4O/c1-2-25(19-11-7-9-16-8-3-4-10-17(16)19)21(26)18-12-13-20(23-22-18)24-14-5-6-15-24/h3-4,7-13H,2,5-6,14-15H2,1H3. The summed E-state index contributed by atoms with van der Waals surface area (Å²) in [4.78, 5) is 17.0. The number of hydrogen-bond donors (Lipinski definition) is 0. The van der Waals surface area contributed by atoms with Crippen molar-refractivity contribution in [3.05, 3.63) is 60.3 Å². The maximum Gasteiger partial charge on any atom is 0.278 e. The fourth-order valence-corrected chi connectivity index (χ4v) is 3.56. The molecule has 1 amide bonds. The van der Waals surface area contributed by atoms with E-state index in [9.17, 15) is 4.79 Å². The lowest BCUT2D eigenvalue weighted by atomic mass is 10.1. The summed E-state index contributed by atoms with van der Waals surface area (Å²) in [5, 5.41) is 10.7. The molecule has 1 aromatic heterocycles. The predicted molar refractivity (Wildman–Crippen MR) is 105 cm³/mol. The van der Waals surface area contributed by atoms with Crippen molar-refractivity contribution in [2.45, 2.75) is 19.8 Å². The summed E-state index contributed by atoms with van der Waals surface area (Å²) >= 11 is 0. The Morgan fingerprint density at radius 1 is 1.00 bits per heavy atom. The second-order valence-corrected chi connectivity index (χ2v) is 6.52. The van der Waals surface area contributed by atoms with Crippen LogP contribution in [-0.4, -0.2) is 35.7 Å². The molecule has 0 saturated carbocycles. The van der Waals surface area contributed by atoms with Gasteiger partial charge in [-0.1, -0.05) is 36.4 Å². The summed E-state index contributed by atoms with van der Waals surface area (Å²) in [5.74, 6) is 0.733. The molecule has 0 radical (unpaired) electrons. The number of amides is 1. The highest BCUT2D eigenvalue weighted by Gasteiger charge is 2.21. The first-order valence-corrected chi connectivity index (χ1v) is 9.16. The highest BCUT2D eigenvalue weighted by molar-refractivity contribution is 6.09. The van der Waals surface area contributed by atoms with Crippen LogP contribution in [0.3, 0.4) is 0 Å². The Kier molecular flexibility index (Phi) is 4.52. The normalized spacial score (nSPS) is 14.0. The first-order chi connectivity index (χ1) is 12.8. The summed E-state index contributed by atoms with van der Waals surface area (Å²) < 4.78 is 0. The fourth-order valence-electron chi connectivity index (χ4n) is 3.56. The Labute approximate surface area is 153 Å². The van der Waals surface area contributed by atoms with Gasteiger partial charge in [-0.15, -0.1) is 10.2 Å². The highest BCUT2D eigenvalue weighted by atomic mass is 16.2. The minimum atomic E-state index is -0.121. The van der Waals surface area contributed by atoms with Gasteiger partial charge >= 0.3 is 0 Å². The van der Waals surface area contributed by atoms with E-state index in [4.69, 9.17) is 0 Å². The van der Waals surface area contributed by atoms with E-state index in [1.807, 2.05) is 43.3 Å². The second kappa shape index (κ2) is 7.12. The van der Waals surface area contributed by atoms with Gasteiger partial charge in [0.2, 0.25) is 0 Å². The summed E-state index contributed by atoms with van der Waals surface area (Å²) in [6.07, 6.45) is 2.38. The molecule has 0 aliphatic carbocycles. The molecule has 1 aliphatic rings. The van der Waals surface area contributed by atoms with Crippen LogP contribution in [0.5, 0.6) is 0 Å². The van der Waals surface area contributed by atoms with Crippen molar-refractivity contribution in [2.24, 2.45) is 0 Å². The smallest absolute Gasteiger partial charge is 0.278 e. The van der Waals surface area contributed by atoms with Crippen LogP contribution in [0.15, 0.2) is 54.6 Å². The Bertz CT molecular complexity index is 911. The van der Waals surface area contributed by atoms with Gasteiger partial charge < -0.3 is 9.80 Å². The van der Waals surface area contributed by atoms with Crippen LogP contribution in [0.2, 0.25) is 0 Å². The van der Waals surface area contributed by atoms with E-state index < -0.39 is 0 Å². The van der Waals surface area contributed by atoms with Gasteiger partial charge in [-0.2, -0.15) is 0 Å². The van der Waals surface area contributed by atoms with E-state index in [0.717, 1.165) is 35.4 Å². The molecule has 4 rings (SSSR count). The average Bonchev–Trinajstić information content (AvgIpc) is 3.23. The van der Waals surface area contributed by atoms with Crippen LogP contribution < -0.4 is 9.80 Å². The Balaban J connectivity index is 1.64. The SMILES string of the molecule is CCN(C(=O)c1ccc(N2CCCC2)nn1)c1cccc2ccccc12. The lowest BCUT2D eigenvalue weighted by Crippen LogP contribution is -2.32. The van der Waals surface area contributed by atoms with Crippen LogP contribution in [-0.2, 0) is 0 Å². The first-order valence-electron chi connectivity index (χ1n) is 9.16. The zero-order valence-electron chi connectivity index (χ0n) is 14.9. The van der Waals surface area contributed by atoms with Crippen LogP contribution in [0, 0.1) is 0 Å². The van der Waals surface area contributed by atoms with Crippen molar-refractivity contribution in [1.29, 1.82) is 0 Å². The molecular formula is C21H22N4O. The third kappa shape index (κ3) is 3.01. The number of fused-ring (bicyclic) bond motifs is 1. The molecule has 2 aromatic carbocycles. The van der Waals surface area contributed by atoms with E-state index in [1.165, 1.54) is 12.8 Å². The van der Waals surface area contributed by atoms with Crippen molar-refractivity contribution < 1.29 is 4.79 Å². The molecular weight excluding hydrogens is 324 g/mol. The molecule has 0 N–H and O–H groups in total. The Morgan fingerprint density at radius 2 is 1.77 bits per heavy atom.